The first kappa shape index (κ1) is 28.8. The van der Waals surface area contributed by atoms with Crippen LogP contribution in [0.5, 0.6) is 5.75 Å². The van der Waals surface area contributed by atoms with E-state index >= 15 is 0 Å². The Bertz CT molecular complexity index is 1370. The van der Waals surface area contributed by atoms with Gasteiger partial charge in [0, 0.05) is 56.8 Å². The number of fused-ring (bicyclic) bond motifs is 1. The number of anilines is 3. The molecular weight excluding hydrogens is 522 g/mol. The Labute approximate surface area is 233 Å². The number of ketones is 1. The molecule has 39 heavy (non-hydrogen) atoms. The minimum absolute atomic E-state index is 0.0725. The van der Waals surface area contributed by atoms with Crippen molar-refractivity contribution in [2.45, 2.75) is 52.4 Å². The highest BCUT2D eigenvalue weighted by Crippen LogP contribution is 2.30. The van der Waals surface area contributed by atoms with Gasteiger partial charge in [0.2, 0.25) is 5.95 Å². The number of halogens is 1. The van der Waals surface area contributed by atoms with Crippen molar-refractivity contribution in [2.24, 2.45) is 5.92 Å². The van der Waals surface area contributed by atoms with Crippen molar-refractivity contribution in [3.05, 3.63) is 45.8 Å². The predicted molar refractivity (Wildman–Crippen MR) is 152 cm³/mol. The number of carbonyl (C=O) groups excluding carboxylic acids is 1. The van der Waals surface area contributed by atoms with E-state index < -0.39 is 0 Å². The zero-order chi connectivity index (χ0) is 28.1. The number of aromatic nitrogens is 3. The second-order valence-corrected chi connectivity index (χ2v) is 10.3. The van der Waals surface area contributed by atoms with Crippen LogP contribution in [-0.4, -0.2) is 60.5 Å². The van der Waals surface area contributed by atoms with Crippen LogP contribution in [-0.2, 0) is 14.3 Å². The summed E-state index contributed by atoms with van der Waals surface area (Å²) in [4.78, 5) is 36.2. The highest BCUT2D eigenvalue weighted by atomic mass is 35.5. The minimum Gasteiger partial charge on any atom is -0.480 e. The second-order valence-electron chi connectivity index (χ2n) is 9.89. The number of pyridine rings is 1. The van der Waals surface area contributed by atoms with Gasteiger partial charge < -0.3 is 29.0 Å². The molecular formula is C28H36ClN5O5. The summed E-state index contributed by atoms with van der Waals surface area (Å²) in [5, 5.41) is 4.47. The Kier molecular flexibility index (Phi) is 9.42. The quantitative estimate of drug-likeness (QED) is 0.327. The Balaban J connectivity index is 1.58. The fourth-order valence-electron chi connectivity index (χ4n) is 4.86. The van der Waals surface area contributed by atoms with Gasteiger partial charge in [-0.1, -0.05) is 18.5 Å². The lowest BCUT2D eigenvalue weighted by Crippen LogP contribution is -2.39. The van der Waals surface area contributed by atoms with Crippen molar-refractivity contribution in [2.75, 3.05) is 44.1 Å². The molecule has 0 amide bonds. The summed E-state index contributed by atoms with van der Waals surface area (Å²) in [6.07, 6.45) is 3.53. The molecule has 1 saturated heterocycles. The molecule has 0 unspecified atom stereocenters. The molecule has 1 N–H and O–H groups in total. The molecule has 0 spiro atoms. The van der Waals surface area contributed by atoms with Crippen LogP contribution in [0, 0.1) is 5.92 Å². The fraction of sp³-hybridized carbons (Fsp3) is 0.500. The van der Waals surface area contributed by atoms with Crippen LogP contribution in [0.3, 0.4) is 0 Å². The first-order valence-corrected chi connectivity index (χ1v) is 13.6. The van der Waals surface area contributed by atoms with Crippen molar-refractivity contribution in [3.63, 3.8) is 0 Å². The molecule has 0 saturated carbocycles. The smallest absolute Gasteiger partial charge is 0.293 e. The molecule has 1 aromatic carbocycles. The molecule has 210 valence electrons. The van der Waals surface area contributed by atoms with Crippen LogP contribution in [0.25, 0.3) is 10.9 Å². The van der Waals surface area contributed by atoms with Gasteiger partial charge in [-0.15, -0.1) is 0 Å². The molecule has 1 aliphatic rings. The normalized spacial score (nSPS) is 14.4. The largest absolute Gasteiger partial charge is 0.480 e. The van der Waals surface area contributed by atoms with Crippen molar-refractivity contribution in [1.29, 1.82) is 0 Å². The molecule has 3 aromatic rings. The Hall–Kier alpha value is -3.21. The predicted octanol–water partition coefficient (Wildman–Crippen LogP) is 4.96. The van der Waals surface area contributed by atoms with Gasteiger partial charge in [-0.25, -0.2) is 4.98 Å². The van der Waals surface area contributed by atoms with Crippen molar-refractivity contribution < 1.29 is 19.0 Å². The summed E-state index contributed by atoms with van der Waals surface area (Å²) in [6.45, 7) is 7.05. The number of carbonyl (C=O) groups is 1. The third-order valence-electron chi connectivity index (χ3n) is 6.97. The number of nitrogens with one attached hydrogen (secondary N) is 1. The summed E-state index contributed by atoms with van der Waals surface area (Å²) in [5.41, 5.74) is 1.23. The van der Waals surface area contributed by atoms with Crippen LogP contribution in [0.2, 0.25) is 5.02 Å². The van der Waals surface area contributed by atoms with E-state index in [1.54, 1.807) is 38.0 Å². The Morgan fingerprint density at radius 3 is 2.54 bits per heavy atom. The average Bonchev–Trinajstić information content (AvgIpc) is 2.93. The van der Waals surface area contributed by atoms with E-state index in [9.17, 15) is 9.59 Å². The van der Waals surface area contributed by atoms with Gasteiger partial charge in [-0.2, -0.15) is 4.98 Å². The van der Waals surface area contributed by atoms with Crippen LogP contribution < -0.4 is 20.5 Å². The number of piperidine rings is 1. The summed E-state index contributed by atoms with van der Waals surface area (Å²) >= 11 is 6.47. The van der Waals surface area contributed by atoms with E-state index in [0.717, 1.165) is 42.5 Å². The second kappa shape index (κ2) is 12.8. The van der Waals surface area contributed by atoms with Crippen LogP contribution in [0.15, 0.2) is 35.3 Å². The Morgan fingerprint density at radius 2 is 1.90 bits per heavy atom. The molecule has 11 heteroatoms. The van der Waals surface area contributed by atoms with Crippen LogP contribution in [0.4, 0.5) is 17.5 Å². The lowest BCUT2D eigenvalue weighted by molar-refractivity contribution is -0.141. The highest BCUT2D eigenvalue weighted by molar-refractivity contribution is 6.32. The average molecular weight is 558 g/mol. The molecule has 0 radical (unpaired) electrons. The molecule has 2 aromatic heterocycles. The minimum atomic E-state index is -0.267. The summed E-state index contributed by atoms with van der Waals surface area (Å²) in [7, 11) is 3.33. The van der Waals surface area contributed by atoms with Crippen LogP contribution >= 0.6 is 11.6 Å². The molecule has 0 aliphatic carbocycles. The first-order valence-electron chi connectivity index (χ1n) is 13.2. The molecule has 1 aliphatic heterocycles. The zero-order valence-corrected chi connectivity index (χ0v) is 23.8. The molecule has 10 nitrogen and oxygen atoms in total. The number of benzene rings is 1. The van der Waals surface area contributed by atoms with Gasteiger partial charge in [-0.05, 0) is 51.0 Å². The number of hydrogen-bond donors (Lipinski definition) is 1. The standard InChI is InChI=1S/C28H36ClN5O5/c1-6-21(35)16-39-24-14-19-13-20(7-8-23(19)34(17(2)3)26(24)36)31-25-22(29)15-30-28(32-25)33-11-9-18(10-12-33)27(37-4)38-5/h7-8,13-15,17-18,27H,6,9-12,16H2,1-5H3,(H,30,31,32). The van der Waals surface area contributed by atoms with Crippen molar-refractivity contribution >= 4 is 45.7 Å². The number of methoxy groups -OCH3 is 2. The first-order chi connectivity index (χ1) is 18.7. The number of ether oxygens (including phenoxy) is 3. The maximum absolute atomic E-state index is 13.1. The van der Waals surface area contributed by atoms with Gasteiger partial charge in [0.05, 0.1) is 11.7 Å². The number of hydrogen-bond acceptors (Lipinski definition) is 9. The number of Topliss-reactive ketones (excluding diaryl/α,β-unsaturated/α-hetero) is 1. The lowest BCUT2D eigenvalue weighted by Gasteiger charge is -2.34. The van der Waals surface area contributed by atoms with Crippen LogP contribution in [0.1, 0.15) is 46.1 Å². The van der Waals surface area contributed by atoms with E-state index in [1.165, 1.54) is 0 Å². The molecule has 1 fully saturated rings. The maximum atomic E-state index is 13.1. The molecule has 3 heterocycles. The Morgan fingerprint density at radius 1 is 1.18 bits per heavy atom. The van der Waals surface area contributed by atoms with Gasteiger partial charge in [0.15, 0.2) is 23.6 Å². The summed E-state index contributed by atoms with van der Waals surface area (Å²) in [6, 6.07) is 7.23. The topological polar surface area (TPSA) is 108 Å². The zero-order valence-electron chi connectivity index (χ0n) is 23.1. The van der Waals surface area contributed by atoms with E-state index in [-0.39, 0.29) is 36.0 Å². The highest BCUT2D eigenvalue weighted by Gasteiger charge is 2.28. The van der Waals surface area contributed by atoms with E-state index in [2.05, 4.69) is 15.2 Å². The van der Waals surface area contributed by atoms with E-state index in [1.807, 2.05) is 32.0 Å². The lowest BCUT2D eigenvalue weighted by atomic mass is 9.96. The van der Waals surface area contributed by atoms with Crippen molar-refractivity contribution in [1.82, 2.24) is 14.5 Å². The SMILES string of the molecule is CCC(=O)COc1cc2cc(Nc3nc(N4CCC(C(OC)OC)CC4)ncc3Cl)ccc2n(C(C)C)c1=O. The molecule has 4 rings (SSSR count). The third-order valence-corrected chi connectivity index (χ3v) is 7.25. The third kappa shape index (κ3) is 6.51. The van der Waals surface area contributed by atoms with Gasteiger partial charge in [0.1, 0.15) is 11.6 Å². The van der Waals surface area contributed by atoms with E-state index in [4.69, 9.17) is 30.8 Å². The van der Waals surface area contributed by atoms with E-state index in [0.29, 0.717) is 29.1 Å². The number of rotatable bonds is 11. The van der Waals surface area contributed by atoms with Gasteiger partial charge in [0.25, 0.3) is 5.56 Å². The molecule has 0 atom stereocenters. The molecule has 0 bridgehead atoms. The number of nitrogens with zero attached hydrogens (tertiary/aromatic N) is 4. The van der Waals surface area contributed by atoms with Gasteiger partial charge in [-0.3, -0.25) is 9.59 Å². The monoisotopic (exact) mass is 557 g/mol. The van der Waals surface area contributed by atoms with Crippen molar-refractivity contribution in [3.8, 4) is 5.75 Å². The maximum Gasteiger partial charge on any atom is 0.293 e. The van der Waals surface area contributed by atoms with Gasteiger partial charge >= 0.3 is 0 Å². The fourth-order valence-corrected chi connectivity index (χ4v) is 5.00. The summed E-state index contributed by atoms with van der Waals surface area (Å²) in [5.74, 6) is 1.46. The summed E-state index contributed by atoms with van der Waals surface area (Å²) < 4.78 is 18.2.